The molecule has 0 aromatic rings. The lowest BCUT2D eigenvalue weighted by Gasteiger charge is -2.36. The van der Waals surface area contributed by atoms with E-state index < -0.39 is 0 Å². The first-order chi connectivity index (χ1) is 7.63. The Labute approximate surface area is 105 Å². The smallest absolute Gasteiger partial charge is 0.0285 e. The molecule has 0 spiro atoms. The fraction of sp³-hybridized carbons (Fsp3) is 1.00. The molecule has 1 saturated heterocycles. The summed E-state index contributed by atoms with van der Waals surface area (Å²) in [6.45, 7) is 9.67. The van der Waals surface area contributed by atoms with Crippen LogP contribution in [0.5, 0.6) is 0 Å². The van der Waals surface area contributed by atoms with E-state index in [0.29, 0.717) is 4.75 Å². The molecule has 94 valence electrons. The third kappa shape index (κ3) is 3.38. The SMILES string of the molecule is CSC1(CN2CCNC(CC(C)C)C2)CC1. The summed E-state index contributed by atoms with van der Waals surface area (Å²) in [7, 11) is 0. The Balaban J connectivity index is 1.78. The van der Waals surface area contributed by atoms with E-state index in [1.165, 1.54) is 45.4 Å². The molecule has 1 heterocycles. The maximum atomic E-state index is 3.66. The molecule has 2 aliphatic rings. The Hall–Kier alpha value is 0.270. The van der Waals surface area contributed by atoms with Gasteiger partial charge in [0, 0.05) is 37.0 Å². The number of thioether (sulfide) groups is 1. The Kier molecular flexibility index (Phi) is 4.20. The predicted molar refractivity (Wildman–Crippen MR) is 73.2 cm³/mol. The summed E-state index contributed by atoms with van der Waals surface area (Å²) in [5.41, 5.74) is 0. The van der Waals surface area contributed by atoms with E-state index in [1.54, 1.807) is 0 Å². The highest BCUT2D eigenvalue weighted by atomic mass is 32.2. The van der Waals surface area contributed by atoms with E-state index >= 15 is 0 Å². The maximum Gasteiger partial charge on any atom is 0.0285 e. The molecule has 1 aliphatic heterocycles. The molecule has 16 heavy (non-hydrogen) atoms. The third-order valence-electron chi connectivity index (χ3n) is 3.85. The molecule has 2 fully saturated rings. The van der Waals surface area contributed by atoms with E-state index in [4.69, 9.17) is 0 Å². The van der Waals surface area contributed by atoms with Crippen molar-refractivity contribution >= 4 is 11.8 Å². The number of hydrogen-bond donors (Lipinski definition) is 1. The summed E-state index contributed by atoms with van der Waals surface area (Å²) in [5.74, 6) is 0.813. The predicted octanol–water partition coefficient (Wildman–Crippen LogP) is 2.20. The average molecular weight is 242 g/mol. The fourth-order valence-corrected chi connectivity index (χ4v) is 3.56. The van der Waals surface area contributed by atoms with Crippen molar-refractivity contribution in [2.24, 2.45) is 5.92 Å². The van der Waals surface area contributed by atoms with Crippen molar-refractivity contribution in [2.45, 2.75) is 43.9 Å². The number of nitrogens with zero attached hydrogens (tertiary/aromatic N) is 1. The van der Waals surface area contributed by atoms with Crippen molar-refractivity contribution in [3.8, 4) is 0 Å². The molecular weight excluding hydrogens is 216 g/mol. The zero-order chi connectivity index (χ0) is 11.6. The van der Waals surface area contributed by atoms with Gasteiger partial charge in [0.2, 0.25) is 0 Å². The van der Waals surface area contributed by atoms with Gasteiger partial charge in [0.05, 0.1) is 0 Å². The molecule has 0 aromatic carbocycles. The monoisotopic (exact) mass is 242 g/mol. The van der Waals surface area contributed by atoms with Crippen molar-refractivity contribution in [3.05, 3.63) is 0 Å². The Morgan fingerprint density at radius 2 is 2.19 bits per heavy atom. The van der Waals surface area contributed by atoms with Crippen LogP contribution in [0.2, 0.25) is 0 Å². The Morgan fingerprint density at radius 1 is 1.44 bits per heavy atom. The zero-order valence-corrected chi connectivity index (χ0v) is 11.8. The average Bonchev–Trinajstić information content (AvgIpc) is 2.98. The van der Waals surface area contributed by atoms with Crippen LogP contribution in [-0.2, 0) is 0 Å². The van der Waals surface area contributed by atoms with Crippen molar-refractivity contribution in [1.82, 2.24) is 10.2 Å². The molecule has 0 bridgehead atoms. The molecule has 1 unspecified atom stereocenters. The summed E-state index contributed by atoms with van der Waals surface area (Å²) in [5, 5.41) is 3.66. The molecule has 2 rings (SSSR count). The van der Waals surface area contributed by atoms with Crippen LogP contribution >= 0.6 is 11.8 Å². The molecule has 1 N–H and O–H groups in total. The van der Waals surface area contributed by atoms with Gasteiger partial charge in [-0.25, -0.2) is 0 Å². The van der Waals surface area contributed by atoms with Gasteiger partial charge in [-0.05, 0) is 31.4 Å². The van der Waals surface area contributed by atoms with E-state index in [2.05, 4.69) is 42.1 Å². The van der Waals surface area contributed by atoms with Gasteiger partial charge in [-0.1, -0.05) is 13.8 Å². The second kappa shape index (κ2) is 5.28. The highest BCUT2D eigenvalue weighted by molar-refractivity contribution is 8.00. The minimum Gasteiger partial charge on any atom is -0.311 e. The first kappa shape index (κ1) is 12.7. The second-order valence-corrected chi connectivity index (χ2v) is 7.18. The summed E-state index contributed by atoms with van der Waals surface area (Å²) >= 11 is 2.08. The van der Waals surface area contributed by atoms with Crippen molar-refractivity contribution < 1.29 is 0 Å². The lowest BCUT2D eigenvalue weighted by Crippen LogP contribution is -2.52. The molecular formula is C13H26N2S. The second-order valence-electron chi connectivity index (χ2n) is 5.90. The van der Waals surface area contributed by atoms with Crippen LogP contribution in [-0.4, -0.2) is 48.1 Å². The largest absolute Gasteiger partial charge is 0.311 e. The third-order valence-corrected chi connectivity index (χ3v) is 5.25. The molecule has 2 nitrogen and oxygen atoms in total. The van der Waals surface area contributed by atoms with Gasteiger partial charge in [-0.3, -0.25) is 4.90 Å². The fourth-order valence-electron chi connectivity index (χ4n) is 2.74. The van der Waals surface area contributed by atoms with Crippen LogP contribution in [0.1, 0.15) is 33.1 Å². The molecule has 1 atom stereocenters. The van der Waals surface area contributed by atoms with Crippen LogP contribution in [0.3, 0.4) is 0 Å². The van der Waals surface area contributed by atoms with Gasteiger partial charge in [0.25, 0.3) is 0 Å². The minimum absolute atomic E-state index is 0.639. The van der Waals surface area contributed by atoms with Gasteiger partial charge in [-0.15, -0.1) is 0 Å². The quantitative estimate of drug-likeness (QED) is 0.796. The van der Waals surface area contributed by atoms with E-state index in [9.17, 15) is 0 Å². The summed E-state index contributed by atoms with van der Waals surface area (Å²) in [4.78, 5) is 2.69. The number of nitrogens with one attached hydrogen (secondary N) is 1. The summed E-state index contributed by atoms with van der Waals surface area (Å²) in [6, 6.07) is 0.728. The molecule has 0 aromatic heterocycles. The minimum atomic E-state index is 0.639. The van der Waals surface area contributed by atoms with Gasteiger partial charge >= 0.3 is 0 Å². The van der Waals surface area contributed by atoms with Gasteiger partial charge < -0.3 is 5.32 Å². The highest BCUT2D eigenvalue weighted by Gasteiger charge is 2.43. The number of piperazine rings is 1. The van der Waals surface area contributed by atoms with Crippen molar-refractivity contribution in [1.29, 1.82) is 0 Å². The molecule has 3 heteroatoms. The molecule has 1 aliphatic carbocycles. The molecule has 1 saturated carbocycles. The number of hydrogen-bond acceptors (Lipinski definition) is 3. The lowest BCUT2D eigenvalue weighted by molar-refractivity contribution is 0.185. The van der Waals surface area contributed by atoms with E-state index in [-0.39, 0.29) is 0 Å². The van der Waals surface area contributed by atoms with Crippen molar-refractivity contribution in [2.75, 3.05) is 32.4 Å². The number of rotatable bonds is 5. The van der Waals surface area contributed by atoms with Crippen LogP contribution in [0.4, 0.5) is 0 Å². The highest BCUT2D eigenvalue weighted by Crippen LogP contribution is 2.47. The lowest BCUT2D eigenvalue weighted by atomic mass is 10.0. The topological polar surface area (TPSA) is 15.3 Å². The Morgan fingerprint density at radius 3 is 2.75 bits per heavy atom. The van der Waals surface area contributed by atoms with Crippen molar-refractivity contribution in [3.63, 3.8) is 0 Å². The maximum absolute atomic E-state index is 3.66. The van der Waals surface area contributed by atoms with E-state index in [1.807, 2.05) is 0 Å². The normalized spacial score (nSPS) is 29.6. The van der Waals surface area contributed by atoms with Gasteiger partial charge in [0.15, 0.2) is 0 Å². The first-order valence-corrected chi connectivity index (χ1v) is 7.87. The Bertz CT molecular complexity index is 226. The standard InChI is InChI=1S/C13H26N2S/c1-11(2)8-12-9-15(7-6-14-12)10-13(16-3)4-5-13/h11-12,14H,4-10H2,1-3H3. The molecule has 0 radical (unpaired) electrons. The first-order valence-electron chi connectivity index (χ1n) is 6.64. The van der Waals surface area contributed by atoms with Crippen LogP contribution in [0.25, 0.3) is 0 Å². The van der Waals surface area contributed by atoms with Crippen LogP contribution < -0.4 is 5.32 Å². The zero-order valence-electron chi connectivity index (χ0n) is 11.0. The molecule has 0 amide bonds. The summed E-state index contributed by atoms with van der Waals surface area (Å²) < 4.78 is 0.639. The van der Waals surface area contributed by atoms with Gasteiger partial charge in [-0.2, -0.15) is 11.8 Å². The summed E-state index contributed by atoms with van der Waals surface area (Å²) in [6.07, 6.45) is 6.48. The van der Waals surface area contributed by atoms with Crippen LogP contribution in [0, 0.1) is 5.92 Å². The van der Waals surface area contributed by atoms with Crippen LogP contribution in [0.15, 0.2) is 0 Å². The van der Waals surface area contributed by atoms with E-state index in [0.717, 1.165) is 12.0 Å². The van der Waals surface area contributed by atoms with Gasteiger partial charge in [0.1, 0.15) is 0 Å².